The van der Waals surface area contributed by atoms with E-state index in [1.807, 2.05) is 19.9 Å². The molecule has 2 rings (SSSR count). The molecule has 4 heteroatoms. The van der Waals surface area contributed by atoms with Gasteiger partial charge in [-0.2, -0.15) is 0 Å². The predicted molar refractivity (Wildman–Crippen MR) is 76.0 cm³/mol. The molecule has 0 unspecified atom stereocenters. The minimum atomic E-state index is -0.448. The van der Waals surface area contributed by atoms with Crippen molar-refractivity contribution in [3.8, 4) is 5.75 Å². The van der Waals surface area contributed by atoms with Crippen molar-refractivity contribution in [3.05, 3.63) is 33.9 Å². The Labute approximate surface area is 118 Å². The van der Waals surface area contributed by atoms with Crippen LogP contribution in [0.3, 0.4) is 0 Å². The summed E-state index contributed by atoms with van der Waals surface area (Å²) in [6.07, 6.45) is 2.53. The highest BCUT2D eigenvalue weighted by atomic mass is 16.5. The van der Waals surface area contributed by atoms with Gasteiger partial charge in [0, 0.05) is 11.1 Å². The van der Waals surface area contributed by atoms with Crippen LogP contribution in [0.25, 0.3) is 5.57 Å². The van der Waals surface area contributed by atoms with Gasteiger partial charge in [-0.15, -0.1) is 0 Å². The molecular formula is C16H18O4. The maximum absolute atomic E-state index is 12.0. The fourth-order valence-corrected chi connectivity index (χ4v) is 2.74. The number of fused-ring (bicyclic) bond motifs is 1. The molecule has 1 aromatic rings. The first-order valence-corrected chi connectivity index (χ1v) is 6.49. The number of aryl methyl sites for hydroxylation is 2. The first-order chi connectivity index (χ1) is 9.54. The molecular weight excluding hydrogens is 256 g/mol. The molecule has 0 aliphatic heterocycles. The van der Waals surface area contributed by atoms with E-state index in [0.717, 1.165) is 41.4 Å². The smallest absolute Gasteiger partial charge is 0.341 e. The average Bonchev–Trinajstić information content (AvgIpc) is 2.45. The molecule has 1 aromatic carbocycles. The summed E-state index contributed by atoms with van der Waals surface area (Å²) in [5.74, 6) is -0.0105. The number of hydrogen-bond acceptors (Lipinski definition) is 4. The molecule has 0 atom stereocenters. The molecule has 4 nitrogen and oxygen atoms in total. The third kappa shape index (κ3) is 2.11. The second-order valence-corrected chi connectivity index (χ2v) is 4.94. The molecule has 20 heavy (non-hydrogen) atoms. The lowest BCUT2D eigenvalue weighted by atomic mass is 9.83. The van der Waals surface area contributed by atoms with Crippen molar-refractivity contribution in [3.63, 3.8) is 0 Å². The van der Waals surface area contributed by atoms with Crippen LogP contribution in [0.5, 0.6) is 5.75 Å². The van der Waals surface area contributed by atoms with Crippen LogP contribution < -0.4 is 4.74 Å². The Morgan fingerprint density at radius 2 is 1.95 bits per heavy atom. The van der Waals surface area contributed by atoms with Crippen LogP contribution >= 0.6 is 0 Å². The van der Waals surface area contributed by atoms with Crippen molar-refractivity contribution in [2.24, 2.45) is 0 Å². The SMILES string of the molecule is COC(=O)c1c(C)cc2c(c1OC)C(C=O)=C(C)CC2. The van der Waals surface area contributed by atoms with Gasteiger partial charge in [-0.3, -0.25) is 4.79 Å². The second kappa shape index (κ2) is 5.49. The number of esters is 1. The van der Waals surface area contributed by atoms with Crippen molar-refractivity contribution >= 4 is 17.8 Å². The minimum Gasteiger partial charge on any atom is -0.495 e. The third-order valence-corrected chi connectivity index (χ3v) is 3.77. The van der Waals surface area contributed by atoms with Crippen LogP contribution in [0.2, 0.25) is 0 Å². The quantitative estimate of drug-likeness (QED) is 0.628. The molecule has 0 fully saturated rings. The van der Waals surface area contributed by atoms with E-state index in [4.69, 9.17) is 9.47 Å². The zero-order valence-electron chi connectivity index (χ0n) is 12.2. The molecule has 0 aromatic heterocycles. The van der Waals surface area contributed by atoms with E-state index >= 15 is 0 Å². The van der Waals surface area contributed by atoms with Crippen LogP contribution in [0.4, 0.5) is 0 Å². The number of allylic oxidation sites excluding steroid dienone is 2. The monoisotopic (exact) mass is 274 g/mol. The van der Waals surface area contributed by atoms with Crippen LogP contribution in [-0.2, 0) is 16.0 Å². The van der Waals surface area contributed by atoms with Crippen molar-refractivity contribution in [2.75, 3.05) is 14.2 Å². The summed E-state index contributed by atoms with van der Waals surface area (Å²) in [7, 11) is 2.84. The molecule has 0 saturated heterocycles. The lowest BCUT2D eigenvalue weighted by Crippen LogP contribution is -2.13. The number of carbonyl (C=O) groups excluding carboxylic acids is 2. The highest BCUT2D eigenvalue weighted by molar-refractivity contribution is 6.12. The lowest BCUT2D eigenvalue weighted by molar-refractivity contribution is -0.103. The van der Waals surface area contributed by atoms with Crippen LogP contribution in [0.15, 0.2) is 11.6 Å². The Morgan fingerprint density at radius 1 is 1.25 bits per heavy atom. The number of carbonyl (C=O) groups is 2. The Kier molecular flexibility index (Phi) is 3.93. The summed E-state index contributed by atoms with van der Waals surface area (Å²) in [6.45, 7) is 3.78. The minimum absolute atomic E-state index is 0.391. The van der Waals surface area contributed by atoms with Crippen LogP contribution in [-0.4, -0.2) is 26.5 Å². The molecule has 106 valence electrons. The number of ether oxygens (including phenoxy) is 2. The van der Waals surface area contributed by atoms with Gasteiger partial charge < -0.3 is 9.47 Å². The normalized spacial score (nSPS) is 13.8. The maximum atomic E-state index is 12.0. The van der Waals surface area contributed by atoms with Crippen molar-refractivity contribution in [1.82, 2.24) is 0 Å². The highest BCUT2D eigenvalue weighted by Crippen LogP contribution is 2.40. The molecule has 0 amide bonds. The van der Waals surface area contributed by atoms with Crippen molar-refractivity contribution in [2.45, 2.75) is 26.7 Å². The van der Waals surface area contributed by atoms with Crippen LogP contribution in [0.1, 0.15) is 40.4 Å². The van der Waals surface area contributed by atoms with Gasteiger partial charge in [0.25, 0.3) is 0 Å². The molecule has 0 bridgehead atoms. The van der Waals surface area contributed by atoms with E-state index in [-0.39, 0.29) is 0 Å². The summed E-state index contributed by atoms with van der Waals surface area (Å²) < 4.78 is 10.3. The van der Waals surface area contributed by atoms with Gasteiger partial charge in [-0.05, 0) is 37.8 Å². The van der Waals surface area contributed by atoms with E-state index in [9.17, 15) is 9.59 Å². The van der Waals surface area contributed by atoms with Gasteiger partial charge in [0.15, 0.2) is 6.29 Å². The van der Waals surface area contributed by atoms with Gasteiger partial charge in [0.2, 0.25) is 0 Å². The first-order valence-electron chi connectivity index (χ1n) is 6.49. The largest absolute Gasteiger partial charge is 0.495 e. The van der Waals surface area contributed by atoms with E-state index in [1.54, 1.807) is 0 Å². The summed E-state index contributed by atoms with van der Waals surface area (Å²) in [6, 6.07) is 1.94. The number of methoxy groups -OCH3 is 2. The Morgan fingerprint density at radius 3 is 2.50 bits per heavy atom. The zero-order valence-corrected chi connectivity index (χ0v) is 12.2. The maximum Gasteiger partial charge on any atom is 0.341 e. The zero-order chi connectivity index (χ0) is 14.9. The van der Waals surface area contributed by atoms with Crippen molar-refractivity contribution < 1.29 is 19.1 Å². The van der Waals surface area contributed by atoms with Crippen molar-refractivity contribution in [1.29, 1.82) is 0 Å². The lowest BCUT2D eigenvalue weighted by Gasteiger charge is -2.23. The van der Waals surface area contributed by atoms with E-state index < -0.39 is 5.97 Å². The number of benzene rings is 1. The van der Waals surface area contributed by atoms with Crippen LogP contribution in [0, 0.1) is 6.92 Å². The van der Waals surface area contributed by atoms with Gasteiger partial charge in [-0.1, -0.05) is 11.6 Å². The topological polar surface area (TPSA) is 52.6 Å². The van der Waals surface area contributed by atoms with E-state index in [0.29, 0.717) is 16.9 Å². The Balaban J connectivity index is 2.82. The molecule has 1 aliphatic rings. The summed E-state index contributed by atoms with van der Waals surface area (Å²) in [5.41, 5.74) is 4.61. The fourth-order valence-electron chi connectivity index (χ4n) is 2.74. The summed E-state index contributed by atoms with van der Waals surface area (Å²) in [5, 5.41) is 0. The van der Waals surface area contributed by atoms with Gasteiger partial charge >= 0.3 is 5.97 Å². The third-order valence-electron chi connectivity index (χ3n) is 3.77. The highest BCUT2D eigenvalue weighted by Gasteiger charge is 2.27. The molecule has 0 heterocycles. The molecule has 0 spiro atoms. The first kappa shape index (κ1) is 14.3. The van der Waals surface area contributed by atoms with E-state index in [2.05, 4.69) is 0 Å². The Bertz CT molecular complexity index is 611. The molecule has 0 N–H and O–H groups in total. The average molecular weight is 274 g/mol. The number of hydrogen-bond donors (Lipinski definition) is 0. The summed E-state index contributed by atoms with van der Waals surface area (Å²) in [4.78, 5) is 23.4. The fraction of sp³-hybridized carbons (Fsp3) is 0.375. The van der Waals surface area contributed by atoms with Gasteiger partial charge in [0.1, 0.15) is 11.3 Å². The van der Waals surface area contributed by atoms with Gasteiger partial charge in [-0.25, -0.2) is 4.79 Å². The van der Waals surface area contributed by atoms with Gasteiger partial charge in [0.05, 0.1) is 14.2 Å². The Hall–Kier alpha value is -2.10. The standard InChI is InChI=1S/C16H18O4/c1-9-5-6-11-7-10(2)13(16(18)20-4)15(19-3)14(11)12(9)8-17/h7-8H,5-6H2,1-4H3. The van der Waals surface area contributed by atoms with E-state index in [1.165, 1.54) is 14.2 Å². The summed E-state index contributed by atoms with van der Waals surface area (Å²) >= 11 is 0. The number of aldehydes is 1. The second-order valence-electron chi connectivity index (χ2n) is 4.94. The predicted octanol–water partition coefficient (Wildman–Crippen LogP) is 2.71. The molecule has 0 saturated carbocycles. The number of rotatable bonds is 3. The molecule has 0 radical (unpaired) electrons. The molecule has 1 aliphatic carbocycles.